The van der Waals surface area contributed by atoms with Gasteiger partial charge in [0.05, 0.1) is 23.2 Å². The number of carbonyl (C=O) groups is 3. The van der Waals surface area contributed by atoms with Crippen LogP contribution in [0.2, 0.25) is 0 Å². The first kappa shape index (κ1) is 24.6. The molecule has 3 saturated heterocycles. The Hall–Kier alpha value is -1.06. The quantitative estimate of drug-likeness (QED) is 0.207. The number of hydrogen-bond donors (Lipinski definition) is 1. The molecule has 174 valence electrons. The number of amides is 2. The Balaban J connectivity index is 2.04. The van der Waals surface area contributed by atoms with Crippen LogP contribution in [-0.4, -0.2) is 85.9 Å². The first-order valence-corrected chi connectivity index (χ1v) is 12.9. The minimum absolute atomic E-state index is 0.0372. The van der Waals surface area contributed by atoms with Gasteiger partial charge in [-0.3, -0.25) is 14.4 Å². The minimum atomic E-state index is -0.655. The number of unbranched alkanes of at least 4 members (excludes halogenated alkanes) is 1. The van der Waals surface area contributed by atoms with E-state index in [1.807, 2.05) is 13.8 Å². The third-order valence-electron chi connectivity index (χ3n) is 6.62. The molecular weight excluding hydrogens is 484 g/mol. The number of nitrogens with zero attached hydrogens (tertiary/aromatic N) is 2. The van der Waals surface area contributed by atoms with Crippen molar-refractivity contribution in [1.29, 1.82) is 0 Å². The summed E-state index contributed by atoms with van der Waals surface area (Å²) in [5.74, 6) is -1.69. The van der Waals surface area contributed by atoms with E-state index >= 15 is 0 Å². The zero-order valence-corrected chi connectivity index (χ0v) is 20.9. The number of carbonyl (C=O) groups excluding carboxylic acids is 3. The van der Waals surface area contributed by atoms with Crippen LogP contribution in [-0.2, 0) is 19.1 Å². The Morgan fingerprint density at radius 1 is 1.45 bits per heavy atom. The molecule has 3 fully saturated rings. The highest BCUT2D eigenvalue weighted by Gasteiger charge is 2.76. The average molecular weight is 517 g/mol. The van der Waals surface area contributed by atoms with Crippen LogP contribution in [0.15, 0.2) is 12.7 Å². The van der Waals surface area contributed by atoms with E-state index in [4.69, 9.17) is 4.74 Å². The molecule has 3 rings (SSSR count). The van der Waals surface area contributed by atoms with Crippen LogP contribution < -0.4 is 0 Å². The molecule has 0 radical (unpaired) electrons. The second-order valence-electron chi connectivity index (χ2n) is 8.75. The zero-order valence-electron chi connectivity index (χ0n) is 18.5. The largest absolute Gasteiger partial charge is 0.466 e. The first-order chi connectivity index (χ1) is 14.7. The molecule has 2 amide bonds. The lowest BCUT2D eigenvalue weighted by Gasteiger charge is -2.39. The zero-order chi connectivity index (χ0) is 22.9. The fourth-order valence-corrected chi connectivity index (χ4v) is 9.00. The minimum Gasteiger partial charge on any atom is -0.466 e. The van der Waals surface area contributed by atoms with Crippen molar-refractivity contribution in [3.05, 3.63) is 12.7 Å². The van der Waals surface area contributed by atoms with Crippen molar-refractivity contribution in [3.8, 4) is 0 Å². The predicted octanol–water partition coefficient (Wildman–Crippen LogP) is 2.21. The van der Waals surface area contributed by atoms with Crippen LogP contribution in [0.4, 0.5) is 0 Å². The molecule has 1 spiro atoms. The fourth-order valence-electron chi connectivity index (χ4n) is 5.40. The molecule has 9 heteroatoms. The smallest absolute Gasteiger partial charge is 0.310 e. The van der Waals surface area contributed by atoms with Gasteiger partial charge in [-0.25, -0.2) is 0 Å². The highest BCUT2D eigenvalue weighted by atomic mass is 79.9. The predicted molar refractivity (Wildman–Crippen MR) is 124 cm³/mol. The van der Waals surface area contributed by atoms with Gasteiger partial charge in [-0.15, -0.1) is 18.3 Å². The van der Waals surface area contributed by atoms with Gasteiger partial charge in [0.25, 0.3) is 0 Å². The van der Waals surface area contributed by atoms with Crippen molar-refractivity contribution in [2.75, 3.05) is 26.3 Å². The first-order valence-electron chi connectivity index (χ1n) is 11.1. The summed E-state index contributed by atoms with van der Waals surface area (Å²) in [6.07, 6.45) is 3.52. The molecule has 0 aromatic carbocycles. The Labute approximate surface area is 197 Å². The summed E-state index contributed by atoms with van der Waals surface area (Å²) in [7, 11) is 0. The Kier molecular flexibility index (Phi) is 7.79. The van der Waals surface area contributed by atoms with Gasteiger partial charge in [0.1, 0.15) is 6.04 Å². The molecule has 3 heterocycles. The molecule has 1 N–H and O–H groups in total. The normalized spacial score (nSPS) is 33.7. The van der Waals surface area contributed by atoms with Gasteiger partial charge in [0, 0.05) is 35.8 Å². The molecule has 7 nitrogen and oxygen atoms in total. The van der Waals surface area contributed by atoms with Gasteiger partial charge in [-0.2, -0.15) is 0 Å². The van der Waals surface area contributed by atoms with E-state index in [1.54, 1.807) is 34.6 Å². The average Bonchev–Trinajstić information content (AvgIpc) is 3.30. The van der Waals surface area contributed by atoms with Crippen LogP contribution in [0.25, 0.3) is 0 Å². The van der Waals surface area contributed by atoms with Crippen LogP contribution in [0.5, 0.6) is 0 Å². The lowest BCUT2D eigenvalue weighted by Crippen LogP contribution is -2.56. The maximum Gasteiger partial charge on any atom is 0.310 e. The standard InChI is InChI=1S/C22H33BrN2O5S/c1-5-9-24(13(3)4)20(28)18-22-12-14(23)17(31-22)15(21(29)30-6-2)16(22)19(27)25(18)10-7-8-11-26/h5,13-18,26H,1,6-12H2,2-4H3/t14?,15-,16+,17-,18?,22?/m1/s1. The lowest BCUT2D eigenvalue weighted by atomic mass is 9.71. The third-order valence-corrected chi connectivity index (χ3v) is 9.84. The second-order valence-corrected chi connectivity index (χ2v) is 11.5. The van der Waals surface area contributed by atoms with Gasteiger partial charge < -0.3 is 19.6 Å². The summed E-state index contributed by atoms with van der Waals surface area (Å²) in [5.41, 5.74) is 0. The van der Waals surface area contributed by atoms with Gasteiger partial charge in [-0.1, -0.05) is 22.0 Å². The molecule has 31 heavy (non-hydrogen) atoms. The highest BCUT2D eigenvalue weighted by Crippen LogP contribution is 2.68. The number of thioether (sulfide) groups is 1. The van der Waals surface area contributed by atoms with Crippen molar-refractivity contribution in [3.63, 3.8) is 0 Å². The SMILES string of the molecule is C=CCN(C(=O)C1N(CCCCO)C(=O)[C@@H]2[C@@H](C(=O)OCC)[C@@H]3SC12CC3Br)C(C)C. The van der Waals surface area contributed by atoms with Crippen molar-refractivity contribution in [2.45, 2.75) is 66.9 Å². The maximum absolute atomic E-state index is 13.9. The summed E-state index contributed by atoms with van der Waals surface area (Å²) in [4.78, 5) is 43.9. The molecule has 0 saturated carbocycles. The molecule has 2 bridgehead atoms. The van der Waals surface area contributed by atoms with Crippen molar-refractivity contribution in [2.24, 2.45) is 11.8 Å². The molecule has 3 aliphatic heterocycles. The van der Waals surface area contributed by atoms with E-state index in [9.17, 15) is 19.5 Å². The number of fused-ring (bicyclic) bond motifs is 1. The van der Waals surface area contributed by atoms with Crippen LogP contribution in [0.3, 0.4) is 0 Å². The van der Waals surface area contributed by atoms with Gasteiger partial charge in [-0.05, 0) is 40.0 Å². The Morgan fingerprint density at radius 2 is 2.16 bits per heavy atom. The van der Waals surface area contributed by atoms with Gasteiger partial charge >= 0.3 is 5.97 Å². The molecule has 0 aromatic heterocycles. The number of rotatable bonds is 10. The van der Waals surface area contributed by atoms with Crippen LogP contribution >= 0.6 is 27.7 Å². The van der Waals surface area contributed by atoms with Gasteiger partial charge in [0.15, 0.2) is 0 Å². The molecule has 3 aliphatic rings. The summed E-state index contributed by atoms with van der Waals surface area (Å²) in [6.45, 7) is 10.6. The molecule has 6 atom stereocenters. The Morgan fingerprint density at radius 3 is 2.74 bits per heavy atom. The van der Waals surface area contributed by atoms with Crippen molar-refractivity contribution in [1.82, 2.24) is 9.80 Å². The van der Waals surface area contributed by atoms with E-state index < -0.39 is 22.6 Å². The van der Waals surface area contributed by atoms with Crippen LogP contribution in [0.1, 0.15) is 40.0 Å². The number of halogens is 1. The van der Waals surface area contributed by atoms with E-state index in [2.05, 4.69) is 22.5 Å². The van der Waals surface area contributed by atoms with E-state index in [-0.39, 0.29) is 47.1 Å². The fraction of sp³-hybridized carbons (Fsp3) is 0.773. The summed E-state index contributed by atoms with van der Waals surface area (Å²) < 4.78 is 4.69. The topological polar surface area (TPSA) is 87.2 Å². The number of ether oxygens (including phenoxy) is 1. The summed E-state index contributed by atoms with van der Waals surface area (Å²) >= 11 is 5.35. The monoisotopic (exact) mass is 516 g/mol. The Bertz CT molecular complexity index is 735. The van der Waals surface area contributed by atoms with Crippen molar-refractivity contribution >= 4 is 45.5 Å². The van der Waals surface area contributed by atoms with E-state index in [0.717, 1.165) is 0 Å². The third kappa shape index (κ3) is 4.06. The number of alkyl halides is 1. The lowest BCUT2D eigenvalue weighted by molar-refractivity contribution is -0.153. The molecule has 0 aromatic rings. The summed E-state index contributed by atoms with van der Waals surface area (Å²) in [5, 5.41) is 9.14. The molecule has 0 aliphatic carbocycles. The number of likely N-dealkylation sites (tertiary alicyclic amines) is 1. The summed E-state index contributed by atoms with van der Waals surface area (Å²) in [6, 6.07) is -0.680. The van der Waals surface area contributed by atoms with E-state index in [1.165, 1.54) is 0 Å². The molecule has 3 unspecified atom stereocenters. The van der Waals surface area contributed by atoms with Gasteiger partial charge in [0.2, 0.25) is 11.8 Å². The second kappa shape index (κ2) is 9.83. The van der Waals surface area contributed by atoms with Crippen LogP contribution in [0, 0.1) is 11.8 Å². The maximum atomic E-state index is 13.9. The molecular formula is C22H33BrN2O5S. The van der Waals surface area contributed by atoms with Crippen molar-refractivity contribution < 1.29 is 24.2 Å². The van der Waals surface area contributed by atoms with E-state index in [0.29, 0.717) is 32.4 Å². The number of aliphatic hydroxyl groups excluding tert-OH is 1. The highest BCUT2D eigenvalue weighted by molar-refractivity contribution is 9.09. The number of esters is 1. The number of aliphatic hydroxyl groups is 1. The number of hydrogen-bond acceptors (Lipinski definition) is 6.